The van der Waals surface area contributed by atoms with Gasteiger partial charge in [-0.15, -0.1) is 0 Å². The molecule has 0 aliphatic rings. The van der Waals surface area contributed by atoms with Crippen LogP contribution in [0.1, 0.15) is 37.6 Å². The quantitative estimate of drug-likeness (QED) is 0.842. The van der Waals surface area contributed by atoms with E-state index in [1.54, 1.807) is 0 Å². The molecule has 0 amide bonds. The number of anilines is 1. The molecule has 17 heavy (non-hydrogen) atoms. The Morgan fingerprint density at radius 2 is 2.12 bits per heavy atom. The SMILES string of the molecule is CCC(C)(C)N(C)c1nc(Cl)ccc1C(=O)O. The first-order valence-electron chi connectivity index (χ1n) is 5.43. The van der Waals surface area contributed by atoms with Gasteiger partial charge in [0.1, 0.15) is 16.5 Å². The van der Waals surface area contributed by atoms with Crippen LogP contribution in [0.5, 0.6) is 0 Å². The number of aromatic carboxylic acids is 1. The van der Waals surface area contributed by atoms with Crippen molar-refractivity contribution in [3.63, 3.8) is 0 Å². The molecule has 0 aliphatic heterocycles. The first-order chi connectivity index (χ1) is 7.79. The number of carboxylic acid groups (broad SMARTS) is 1. The van der Waals surface area contributed by atoms with Gasteiger partial charge >= 0.3 is 5.97 Å². The topological polar surface area (TPSA) is 53.4 Å². The molecule has 0 unspecified atom stereocenters. The maximum absolute atomic E-state index is 11.1. The number of carbonyl (C=O) groups is 1. The first kappa shape index (κ1) is 13.8. The van der Waals surface area contributed by atoms with Crippen molar-refractivity contribution in [1.82, 2.24) is 4.98 Å². The van der Waals surface area contributed by atoms with E-state index in [9.17, 15) is 4.79 Å². The first-order valence-corrected chi connectivity index (χ1v) is 5.81. The van der Waals surface area contributed by atoms with Gasteiger partial charge in [0.2, 0.25) is 0 Å². The molecular formula is C12H17ClN2O2. The predicted molar refractivity (Wildman–Crippen MR) is 69.0 cm³/mol. The monoisotopic (exact) mass is 256 g/mol. The van der Waals surface area contributed by atoms with Gasteiger partial charge in [0.05, 0.1) is 0 Å². The Hall–Kier alpha value is -1.29. The number of nitrogens with zero attached hydrogens (tertiary/aromatic N) is 2. The minimum Gasteiger partial charge on any atom is -0.478 e. The van der Waals surface area contributed by atoms with Gasteiger partial charge in [-0.1, -0.05) is 18.5 Å². The van der Waals surface area contributed by atoms with E-state index in [0.29, 0.717) is 11.0 Å². The van der Waals surface area contributed by atoms with E-state index < -0.39 is 5.97 Å². The third kappa shape index (κ3) is 2.88. The Labute approximate surface area is 106 Å². The molecular weight excluding hydrogens is 240 g/mol. The highest BCUT2D eigenvalue weighted by molar-refractivity contribution is 6.29. The lowest BCUT2D eigenvalue weighted by atomic mass is 9.99. The van der Waals surface area contributed by atoms with Gasteiger partial charge in [0.15, 0.2) is 0 Å². The van der Waals surface area contributed by atoms with Crippen molar-refractivity contribution in [3.8, 4) is 0 Å². The molecule has 0 saturated heterocycles. The fourth-order valence-electron chi connectivity index (χ4n) is 1.37. The summed E-state index contributed by atoms with van der Waals surface area (Å²) in [7, 11) is 1.83. The van der Waals surface area contributed by atoms with Gasteiger partial charge in [-0.3, -0.25) is 0 Å². The van der Waals surface area contributed by atoms with Gasteiger partial charge in [0, 0.05) is 12.6 Å². The third-order valence-corrected chi connectivity index (χ3v) is 3.37. The van der Waals surface area contributed by atoms with E-state index in [0.717, 1.165) is 6.42 Å². The Morgan fingerprint density at radius 1 is 1.53 bits per heavy atom. The van der Waals surface area contributed by atoms with Gasteiger partial charge in [-0.25, -0.2) is 9.78 Å². The molecule has 0 radical (unpaired) electrons. The summed E-state index contributed by atoms with van der Waals surface area (Å²) in [6.45, 7) is 6.10. The summed E-state index contributed by atoms with van der Waals surface area (Å²) >= 11 is 5.83. The molecule has 94 valence electrons. The number of aromatic nitrogens is 1. The predicted octanol–water partition coefficient (Wildman–Crippen LogP) is 3.06. The standard InChI is InChI=1S/C12H17ClN2O2/c1-5-12(2,3)15(4)10-8(11(16)17)6-7-9(13)14-10/h6-7H,5H2,1-4H3,(H,16,17). The molecule has 0 spiro atoms. The van der Waals surface area contributed by atoms with Crippen LogP contribution in [0.15, 0.2) is 12.1 Å². The van der Waals surface area contributed by atoms with Crippen molar-refractivity contribution in [2.24, 2.45) is 0 Å². The zero-order chi connectivity index (χ0) is 13.2. The number of pyridine rings is 1. The lowest BCUT2D eigenvalue weighted by Gasteiger charge is -2.36. The third-order valence-electron chi connectivity index (χ3n) is 3.16. The molecule has 4 nitrogen and oxygen atoms in total. The summed E-state index contributed by atoms with van der Waals surface area (Å²) in [6.07, 6.45) is 0.872. The Kier molecular flexibility index (Phi) is 3.98. The number of hydrogen-bond donors (Lipinski definition) is 1. The molecule has 1 N–H and O–H groups in total. The smallest absolute Gasteiger partial charge is 0.339 e. The van der Waals surface area contributed by atoms with E-state index in [-0.39, 0.29) is 11.1 Å². The average Bonchev–Trinajstić information content (AvgIpc) is 2.27. The molecule has 1 rings (SSSR count). The molecule has 0 aliphatic carbocycles. The van der Waals surface area contributed by atoms with Crippen molar-refractivity contribution in [1.29, 1.82) is 0 Å². The van der Waals surface area contributed by atoms with Crippen LogP contribution < -0.4 is 4.90 Å². The van der Waals surface area contributed by atoms with Crippen molar-refractivity contribution < 1.29 is 9.90 Å². The van der Waals surface area contributed by atoms with Crippen molar-refractivity contribution in [2.75, 3.05) is 11.9 Å². The van der Waals surface area contributed by atoms with E-state index in [4.69, 9.17) is 16.7 Å². The van der Waals surface area contributed by atoms with Crippen LogP contribution in [0.3, 0.4) is 0 Å². The zero-order valence-electron chi connectivity index (χ0n) is 10.5. The molecule has 0 fully saturated rings. The minimum absolute atomic E-state index is 0.165. The van der Waals surface area contributed by atoms with Crippen LogP contribution in [0.2, 0.25) is 5.15 Å². The van der Waals surface area contributed by atoms with Crippen LogP contribution in [0, 0.1) is 0 Å². The van der Waals surface area contributed by atoms with Crippen LogP contribution >= 0.6 is 11.6 Å². The Morgan fingerprint density at radius 3 is 2.59 bits per heavy atom. The van der Waals surface area contributed by atoms with E-state index >= 15 is 0 Å². The summed E-state index contributed by atoms with van der Waals surface area (Å²) < 4.78 is 0. The maximum Gasteiger partial charge on any atom is 0.339 e. The zero-order valence-corrected chi connectivity index (χ0v) is 11.2. The van der Waals surface area contributed by atoms with Crippen LogP contribution in [0.25, 0.3) is 0 Å². The maximum atomic E-state index is 11.1. The highest BCUT2D eigenvalue weighted by atomic mass is 35.5. The van der Waals surface area contributed by atoms with Crippen molar-refractivity contribution in [3.05, 3.63) is 22.8 Å². The molecule has 1 aromatic rings. The summed E-state index contributed by atoms with van der Waals surface area (Å²) in [4.78, 5) is 17.1. The van der Waals surface area contributed by atoms with Gasteiger partial charge in [-0.2, -0.15) is 0 Å². The van der Waals surface area contributed by atoms with E-state index in [2.05, 4.69) is 4.98 Å². The summed E-state index contributed by atoms with van der Waals surface area (Å²) in [5.74, 6) is -0.597. The molecule has 0 atom stereocenters. The number of carboxylic acids is 1. The summed E-state index contributed by atoms with van der Waals surface area (Å²) in [5.41, 5.74) is -0.0135. The van der Waals surface area contributed by atoms with Crippen molar-refractivity contribution in [2.45, 2.75) is 32.7 Å². The summed E-state index contributed by atoms with van der Waals surface area (Å²) in [5, 5.41) is 9.43. The molecule has 0 bridgehead atoms. The second-order valence-electron chi connectivity index (χ2n) is 4.54. The lowest BCUT2D eigenvalue weighted by Crippen LogP contribution is -2.41. The second-order valence-corrected chi connectivity index (χ2v) is 4.92. The lowest BCUT2D eigenvalue weighted by molar-refractivity contribution is 0.0697. The molecule has 0 saturated carbocycles. The molecule has 1 heterocycles. The van der Waals surface area contributed by atoms with Gasteiger partial charge in [-0.05, 0) is 32.4 Å². The largest absolute Gasteiger partial charge is 0.478 e. The fraction of sp³-hybridized carbons (Fsp3) is 0.500. The number of halogens is 1. The normalized spacial score (nSPS) is 11.4. The molecule has 1 aromatic heterocycles. The highest BCUT2D eigenvalue weighted by Gasteiger charge is 2.26. The van der Waals surface area contributed by atoms with E-state index in [1.165, 1.54) is 12.1 Å². The van der Waals surface area contributed by atoms with Crippen LogP contribution in [-0.4, -0.2) is 28.6 Å². The highest BCUT2D eigenvalue weighted by Crippen LogP contribution is 2.27. The Bertz CT molecular complexity index is 433. The minimum atomic E-state index is -0.997. The van der Waals surface area contributed by atoms with Crippen LogP contribution in [-0.2, 0) is 0 Å². The average molecular weight is 257 g/mol. The van der Waals surface area contributed by atoms with Gasteiger partial charge < -0.3 is 10.0 Å². The second kappa shape index (κ2) is 4.92. The molecule has 5 heteroatoms. The van der Waals surface area contributed by atoms with Crippen LogP contribution in [0.4, 0.5) is 5.82 Å². The van der Waals surface area contributed by atoms with E-state index in [1.807, 2.05) is 32.7 Å². The van der Waals surface area contributed by atoms with Crippen molar-refractivity contribution >= 4 is 23.4 Å². The van der Waals surface area contributed by atoms with Gasteiger partial charge in [0.25, 0.3) is 0 Å². The molecule has 0 aromatic carbocycles. The number of rotatable bonds is 4. The fourth-order valence-corrected chi connectivity index (χ4v) is 1.51. The Balaban J connectivity index is 3.29. The summed E-state index contributed by atoms with van der Waals surface area (Å²) in [6, 6.07) is 2.97. The number of hydrogen-bond acceptors (Lipinski definition) is 3.